The molecule has 3 nitrogen and oxygen atoms in total. The van der Waals surface area contributed by atoms with Crippen molar-refractivity contribution in [1.29, 1.82) is 0 Å². The lowest BCUT2D eigenvalue weighted by molar-refractivity contribution is -0.127. The second-order valence-electron chi connectivity index (χ2n) is 4.47. The van der Waals surface area contributed by atoms with Crippen LogP contribution >= 0.6 is 11.6 Å². The summed E-state index contributed by atoms with van der Waals surface area (Å²) in [6, 6.07) is 5.50. The van der Waals surface area contributed by atoms with Gasteiger partial charge in [-0.15, -0.1) is 0 Å². The van der Waals surface area contributed by atoms with Crippen molar-refractivity contribution < 1.29 is 9.53 Å². The molecule has 88 valence electrons. The van der Waals surface area contributed by atoms with E-state index in [1.807, 2.05) is 19.1 Å². The van der Waals surface area contributed by atoms with Gasteiger partial charge in [-0.1, -0.05) is 17.7 Å². The van der Waals surface area contributed by atoms with Gasteiger partial charge in [0.1, 0.15) is 12.4 Å². The molecule has 1 amide bonds. The molecule has 0 aliphatic heterocycles. The van der Waals surface area contributed by atoms with E-state index in [4.69, 9.17) is 22.1 Å². The van der Waals surface area contributed by atoms with E-state index in [1.165, 1.54) is 0 Å². The molecule has 0 atom stereocenters. The Kier molecular flexibility index (Phi) is 3.81. The summed E-state index contributed by atoms with van der Waals surface area (Å²) >= 11 is 5.96. The molecule has 0 heterocycles. The first-order chi connectivity index (χ1) is 7.33. The van der Waals surface area contributed by atoms with E-state index in [0.29, 0.717) is 10.8 Å². The Hall–Kier alpha value is -1.22. The van der Waals surface area contributed by atoms with Gasteiger partial charge in [-0.05, 0) is 38.5 Å². The molecule has 0 aliphatic carbocycles. The number of primary amides is 1. The van der Waals surface area contributed by atoms with Crippen LogP contribution in [0.5, 0.6) is 5.75 Å². The summed E-state index contributed by atoms with van der Waals surface area (Å²) in [7, 11) is 0. The van der Waals surface area contributed by atoms with Gasteiger partial charge in [0.15, 0.2) is 0 Å². The van der Waals surface area contributed by atoms with Crippen molar-refractivity contribution in [3.63, 3.8) is 0 Å². The molecule has 1 aromatic carbocycles. The topological polar surface area (TPSA) is 52.3 Å². The Morgan fingerprint density at radius 3 is 2.69 bits per heavy atom. The number of rotatable bonds is 4. The Morgan fingerprint density at radius 1 is 1.50 bits per heavy atom. The number of hydrogen-bond acceptors (Lipinski definition) is 2. The number of halogens is 1. The molecule has 2 N–H and O–H groups in total. The molecule has 0 bridgehead atoms. The number of aryl methyl sites for hydroxylation is 1. The minimum atomic E-state index is -0.701. The van der Waals surface area contributed by atoms with Crippen molar-refractivity contribution in [2.75, 3.05) is 6.61 Å². The van der Waals surface area contributed by atoms with Crippen molar-refractivity contribution in [3.05, 3.63) is 28.8 Å². The maximum absolute atomic E-state index is 11.1. The average molecular weight is 242 g/mol. The van der Waals surface area contributed by atoms with Crippen molar-refractivity contribution in [3.8, 4) is 5.75 Å². The van der Waals surface area contributed by atoms with Crippen molar-refractivity contribution in [2.45, 2.75) is 20.8 Å². The van der Waals surface area contributed by atoms with E-state index in [1.54, 1.807) is 19.9 Å². The van der Waals surface area contributed by atoms with Crippen LogP contribution in [0.15, 0.2) is 18.2 Å². The molecular weight excluding hydrogens is 226 g/mol. The van der Waals surface area contributed by atoms with Crippen LogP contribution in [-0.2, 0) is 4.79 Å². The number of hydrogen-bond donors (Lipinski definition) is 1. The normalized spacial score (nSPS) is 11.2. The zero-order valence-corrected chi connectivity index (χ0v) is 10.5. The highest BCUT2D eigenvalue weighted by molar-refractivity contribution is 6.32. The summed E-state index contributed by atoms with van der Waals surface area (Å²) in [5, 5.41) is 0.533. The quantitative estimate of drug-likeness (QED) is 0.881. The van der Waals surface area contributed by atoms with Gasteiger partial charge in [0.05, 0.1) is 10.4 Å². The highest BCUT2D eigenvalue weighted by Crippen LogP contribution is 2.27. The number of amides is 1. The second-order valence-corrected chi connectivity index (χ2v) is 4.88. The van der Waals surface area contributed by atoms with Gasteiger partial charge in [0, 0.05) is 0 Å². The van der Waals surface area contributed by atoms with E-state index in [9.17, 15) is 4.79 Å². The second kappa shape index (κ2) is 4.74. The standard InChI is InChI=1S/C12H16ClNO2/c1-8-4-5-9(13)10(6-8)16-7-12(2,3)11(14)15/h4-6H,7H2,1-3H3,(H2,14,15). The lowest BCUT2D eigenvalue weighted by Crippen LogP contribution is -2.36. The van der Waals surface area contributed by atoms with Crippen molar-refractivity contribution in [2.24, 2.45) is 11.1 Å². The van der Waals surface area contributed by atoms with Crippen LogP contribution in [-0.4, -0.2) is 12.5 Å². The maximum atomic E-state index is 11.1. The zero-order valence-electron chi connectivity index (χ0n) is 9.71. The van der Waals surface area contributed by atoms with Crippen LogP contribution in [0.4, 0.5) is 0 Å². The molecule has 0 fully saturated rings. The SMILES string of the molecule is Cc1ccc(Cl)c(OCC(C)(C)C(N)=O)c1. The summed E-state index contributed by atoms with van der Waals surface area (Å²) in [5.41, 5.74) is 5.60. The first-order valence-electron chi connectivity index (χ1n) is 5.02. The predicted molar refractivity (Wildman–Crippen MR) is 64.7 cm³/mol. The van der Waals surface area contributed by atoms with E-state index in [0.717, 1.165) is 5.56 Å². The number of nitrogens with two attached hydrogens (primary N) is 1. The molecule has 1 rings (SSSR count). The summed E-state index contributed by atoms with van der Waals surface area (Å²) in [4.78, 5) is 11.1. The monoisotopic (exact) mass is 241 g/mol. The van der Waals surface area contributed by atoms with E-state index >= 15 is 0 Å². The number of benzene rings is 1. The molecule has 0 aliphatic rings. The molecule has 16 heavy (non-hydrogen) atoms. The molecule has 0 unspecified atom stereocenters. The average Bonchev–Trinajstić information content (AvgIpc) is 2.19. The lowest BCUT2D eigenvalue weighted by Gasteiger charge is -2.21. The van der Waals surface area contributed by atoms with Crippen molar-refractivity contribution >= 4 is 17.5 Å². The molecule has 1 aromatic rings. The molecule has 0 spiro atoms. The Labute approximate surface area is 101 Å². The molecule has 0 radical (unpaired) electrons. The summed E-state index contributed by atoms with van der Waals surface area (Å²) in [6.45, 7) is 5.63. The molecule has 0 aromatic heterocycles. The van der Waals surface area contributed by atoms with Gasteiger partial charge in [-0.25, -0.2) is 0 Å². The highest BCUT2D eigenvalue weighted by Gasteiger charge is 2.26. The zero-order chi connectivity index (χ0) is 12.3. The molecule has 0 saturated carbocycles. The fourth-order valence-electron chi connectivity index (χ4n) is 1.05. The van der Waals surface area contributed by atoms with Crippen molar-refractivity contribution in [1.82, 2.24) is 0 Å². The molecular formula is C12H16ClNO2. The first kappa shape index (κ1) is 12.8. The van der Waals surface area contributed by atoms with Gasteiger partial charge in [-0.3, -0.25) is 4.79 Å². The smallest absolute Gasteiger partial charge is 0.226 e. The molecule has 0 saturated heterocycles. The number of carbonyl (C=O) groups excluding carboxylic acids is 1. The fraction of sp³-hybridized carbons (Fsp3) is 0.417. The number of carbonyl (C=O) groups is 1. The van der Waals surface area contributed by atoms with Gasteiger partial charge >= 0.3 is 0 Å². The summed E-state index contributed by atoms with van der Waals surface area (Å²) in [5.74, 6) is 0.187. The minimum Gasteiger partial charge on any atom is -0.491 e. The summed E-state index contributed by atoms with van der Waals surface area (Å²) < 4.78 is 5.51. The molecule has 4 heteroatoms. The Morgan fingerprint density at radius 2 is 2.12 bits per heavy atom. The van der Waals surface area contributed by atoms with Gasteiger partial charge in [0.25, 0.3) is 0 Å². The van der Waals surface area contributed by atoms with Gasteiger partial charge < -0.3 is 10.5 Å². The van der Waals surface area contributed by atoms with Crippen LogP contribution in [0.3, 0.4) is 0 Å². The largest absolute Gasteiger partial charge is 0.491 e. The number of ether oxygens (including phenoxy) is 1. The van der Waals surface area contributed by atoms with E-state index in [2.05, 4.69) is 0 Å². The highest BCUT2D eigenvalue weighted by atomic mass is 35.5. The minimum absolute atomic E-state index is 0.214. The first-order valence-corrected chi connectivity index (χ1v) is 5.39. The van der Waals surface area contributed by atoms with Crippen LogP contribution in [0.25, 0.3) is 0 Å². The fourth-order valence-corrected chi connectivity index (χ4v) is 1.22. The third kappa shape index (κ3) is 3.14. The maximum Gasteiger partial charge on any atom is 0.226 e. The van der Waals surface area contributed by atoms with Crippen LogP contribution < -0.4 is 10.5 Å². The Bertz CT molecular complexity index is 402. The van der Waals surface area contributed by atoms with Crippen LogP contribution in [0.1, 0.15) is 19.4 Å². The van der Waals surface area contributed by atoms with E-state index in [-0.39, 0.29) is 6.61 Å². The summed E-state index contributed by atoms with van der Waals surface area (Å²) in [6.07, 6.45) is 0. The van der Waals surface area contributed by atoms with E-state index < -0.39 is 11.3 Å². The predicted octanol–water partition coefficient (Wildman–Crippen LogP) is 2.54. The Balaban J connectivity index is 2.75. The van der Waals surface area contributed by atoms with Gasteiger partial charge in [0.2, 0.25) is 5.91 Å². The lowest BCUT2D eigenvalue weighted by atomic mass is 9.94. The third-order valence-corrected chi connectivity index (χ3v) is 2.65. The van der Waals surface area contributed by atoms with Gasteiger partial charge in [-0.2, -0.15) is 0 Å². The van der Waals surface area contributed by atoms with Crippen LogP contribution in [0.2, 0.25) is 5.02 Å². The van der Waals surface area contributed by atoms with Crippen LogP contribution in [0, 0.1) is 12.3 Å². The third-order valence-electron chi connectivity index (χ3n) is 2.34.